The van der Waals surface area contributed by atoms with Crippen LogP contribution in [0.1, 0.15) is 37.2 Å². The Hall–Kier alpha value is -4.02. The molecule has 1 aliphatic rings. The number of nitrogens with zero attached hydrogens (tertiary/aromatic N) is 5. The lowest BCUT2D eigenvalue weighted by molar-refractivity contribution is -0.133. The van der Waals surface area contributed by atoms with Crippen LogP contribution in [0.3, 0.4) is 0 Å². The number of aromatic nitrogens is 4. The van der Waals surface area contributed by atoms with Gasteiger partial charge in [-0.25, -0.2) is 4.98 Å². The fourth-order valence-electron chi connectivity index (χ4n) is 4.17. The number of hydrogen-bond donors (Lipinski definition) is 3. The monoisotopic (exact) mass is 508 g/mol. The van der Waals surface area contributed by atoms with Gasteiger partial charge in [-0.05, 0) is 25.0 Å². The second kappa shape index (κ2) is 12.3. The van der Waals surface area contributed by atoms with Crippen molar-refractivity contribution in [3.05, 3.63) is 42.1 Å². The van der Waals surface area contributed by atoms with Gasteiger partial charge in [0.15, 0.2) is 18.2 Å². The lowest BCUT2D eigenvalue weighted by atomic mass is 10.2. The number of aryl methyl sites for hydroxylation is 1. The lowest BCUT2D eigenvalue weighted by Gasteiger charge is -2.36. The molecule has 0 unspecified atom stereocenters. The van der Waals surface area contributed by atoms with E-state index in [0.29, 0.717) is 55.1 Å². The van der Waals surface area contributed by atoms with Gasteiger partial charge in [0.25, 0.3) is 11.8 Å². The van der Waals surface area contributed by atoms with Crippen LogP contribution in [0, 0.1) is 0 Å². The van der Waals surface area contributed by atoms with Crippen molar-refractivity contribution < 1.29 is 14.3 Å². The number of H-pyrrole nitrogens is 1. The fourth-order valence-corrected chi connectivity index (χ4v) is 4.17. The minimum absolute atomic E-state index is 0.0705. The zero-order chi connectivity index (χ0) is 26.2. The van der Waals surface area contributed by atoms with Gasteiger partial charge in [-0.15, -0.1) is 5.10 Å². The molecule has 3 N–H and O–H groups in total. The summed E-state index contributed by atoms with van der Waals surface area (Å²) in [7, 11) is 1.77. The summed E-state index contributed by atoms with van der Waals surface area (Å²) < 4.78 is 7.36. The maximum atomic E-state index is 12.8. The summed E-state index contributed by atoms with van der Waals surface area (Å²) in [6, 6.07) is 11.9. The Labute approximate surface area is 217 Å². The SMILES string of the molecule is CCCNC(=O)c1[nH]c(-c2cc(OCC(=O)N3CCN(c4ccccc4)CC3)nn2C)nc1NCCC. The maximum Gasteiger partial charge on any atom is 0.271 e. The predicted octanol–water partition coefficient (Wildman–Crippen LogP) is 2.50. The number of anilines is 2. The molecule has 2 aromatic heterocycles. The highest BCUT2D eigenvalue weighted by Gasteiger charge is 2.23. The van der Waals surface area contributed by atoms with Gasteiger partial charge < -0.3 is 30.2 Å². The van der Waals surface area contributed by atoms with Crippen LogP contribution in [0.2, 0.25) is 0 Å². The number of benzene rings is 1. The number of rotatable bonds is 11. The van der Waals surface area contributed by atoms with Gasteiger partial charge in [-0.2, -0.15) is 0 Å². The number of piperazine rings is 1. The average Bonchev–Trinajstić information content (AvgIpc) is 3.52. The first-order valence-electron chi connectivity index (χ1n) is 12.9. The highest BCUT2D eigenvalue weighted by Crippen LogP contribution is 2.25. The van der Waals surface area contributed by atoms with Crippen molar-refractivity contribution >= 4 is 23.3 Å². The Morgan fingerprint density at radius 3 is 2.49 bits per heavy atom. The van der Waals surface area contributed by atoms with E-state index in [-0.39, 0.29) is 18.4 Å². The third kappa shape index (κ3) is 6.41. The number of ether oxygens (including phenoxy) is 1. The van der Waals surface area contributed by atoms with Gasteiger partial charge in [0, 0.05) is 58.1 Å². The molecule has 0 spiro atoms. The van der Waals surface area contributed by atoms with Crippen molar-refractivity contribution in [1.29, 1.82) is 0 Å². The number of imidazole rings is 1. The molecule has 4 rings (SSSR count). The number of carbonyl (C=O) groups excluding carboxylic acids is 2. The van der Waals surface area contributed by atoms with Crippen molar-refractivity contribution in [3.8, 4) is 17.4 Å². The van der Waals surface area contributed by atoms with Crippen molar-refractivity contribution in [1.82, 2.24) is 30.0 Å². The second-order valence-corrected chi connectivity index (χ2v) is 8.98. The van der Waals surface area contributed by atoms with Crippen LogP contribution in [-0.2, 0) is 11.8 Å². The van der Waals surface area contributed by atoms with E-state index in [9.17, 15) is 9.59 Å². The molecular formula is C26H36N8O3. The van der Waals surface area contributed by atoms with Crippen LogP contribution in [-0.4, -0.2) is 82.3 Å². The zero-order valence-electron chi connectivity index (χ0n) is 21.8. The predicted molar refractivity (Wildman–Crippen MR) is 143 cm³/mol. The van der Waals surface area contributed by atoms with Crippen molar-refractivity contribution in [2.75, 3.05) is 56.1 Å². The number of aromatic amines is 1. The van der Waals surface area contributed by atoms with E-state index in [4.69, 9.17) is 4.74 Å². The van der Waals surface area contributed by atoms with Crippen LogP contribution in [0.15, 0.2) is 36.4 Å². The Kier molecular flexibility index (Phi) is 8.65. The van der Waals surface area contributed by atoms with Gasteiger partial charge in [0.05, 0.1) is 0 Å². The Balaban J connectivity index is 1.37. The molecule has 0 bridgehead atoms. The standard InChI is InChI=1S/C26H36N8O3/c1-4-11-27-25-23(26(36)28-12-5-2)29-24(30-25)20-17-21(31-32(20)3)37-18-22(35)34-15-13-33(14-16-34)19-9-7-6-8-10-19/h6-10,17,27H,4-5,11-16,18H2,1-3H3,(H,28,36)(H,29,30). The van der Waals surface area contributed by atoms with E-state index in [1.165, 1.54) is 5.69 Å². The Morgan fingerprint density at radius 1 is 1.05 bits per heavy atom. The summed E-state index contributed by atoms with van der Waals surface area (Å²) in [6.45, 7) is 8.09. The molecule has 1 aromatic carbocycles. The van der Waals surface area contributed by atoms with E-state index >= 15 is 0 Å². The number of para-hydroxylation sites is 1. The molecule has 0 atom stereocenters. The molecule has 0 radical (unpaired) electrons. The molecule has 3 aromatic rings. The minimum Gasteiger partial charge on any atom is -0.466 e. The molecule has 1 aliphatic heterocycles. The average molecular weight is 509 g/mol. The topological polar surface area (TPSA) is 120 Å². The van der Waals surface area contributed by atoms with E-state index < -0.39 is 0 Å². The molecule has 11 heteroatoms. The van der Waals surface area contributed by atoms with E-state index in [0.717, 1.165) is 25.9 Å². The van der Waals surface area contributed by atoms with Crippen molar-refractivity contribution in [2.24, 2.45) is 7.05 Å². The summed E-state index contributed by atoms with van der Waals surface area (Å²) in [5, 5.41) is 10.5. The van der Waals surface area contributed by atoms with Gasteiger partial charge in [-0.1, -0.05) is 32.0 Å². The molecule has 2 amide bonds. The molecule has 11 nitrogen and oxygen atoms in total. The first kappa shape index (κ1) is 26.1. The van der Waals surface area contributed by atoms with Crippen LogP contribution in [0.25, 0.3) is 11.5 Å². The minimum atomic E-state index is -0.212. The van der Waals surface area contributed by atoms with E-state index in [1.807, 2.05) is 36.9 Å². The maximum absolute atomic E-state index is 12.8. The highest BCUT2D eigenvalue weighted by atomic mass is 16.5. The Morgan fingerprint density at radius 2 is 1.78 bits per heavy atom. The summed E-state index contributed by atoms with van der Waals surface area (Å²) in [6.07, 6.45) is 1.74. The van der Waals surface area contributed by atoms with E-state index in [2.05, 4.69) is 42.7 Å². The molecule has 1 fully saturated rings. The smallest absolute Gasteiger partial charge is 0.271 e. The molecule has 198 valence electrons. The quantitative estimate of drug-likeness (QED) is 0.364. The van der Waals surface area contributed by atoms with Gasteiger partial charge in [0.1, 0.15) is 11.4 Å². The van der Waals surface area contributed by atoms with Gasteiger partial charge in [0.2, 0.25) is 5.88 Å². The molecule has 37 heavy (non-hydrogen) atoms. The number of nitrogens with one attached hydrogen (secondary N) is 3. The van der Waals surface area contributed by atoms with Crippen LogP contribution in [0.4, 0.5) is 11.5 Å². The second-order valence-electron chi connectivity index (χ2n) is 8.98. The third-order valence-corrected chi connectivity index (χ3v) is 6.21. The first-order chi connectivity index (χ1) is 18.0. The molecule has 0 saturated carbocycles. The third-order valence-electron chi connectivity index (χ3n) is 6.21. The van der Waals surface area contributed by atoms with Crippen LogP contribution < -0.4 is 20.3 Å². The summed E-state index contributed by atoms with van der Waals surface area (Å²) >= 11 is 0. The number of hydrogen-bond acceptors (Lipinski definition) is 7. The molecular weight excluding hydrogens is 472 g/mol. The summed E-state index contributed by atoms with van der Waals surface area (Å²) in [4.78, 5) is 37.2. The summed E-state index contributed by atoms with van der Waals surface area (Å²) in [5.41, 5.74) is 2.20. The van der Waals surface area contributed by atoms with Gasteiger partial charge in [-0.3, -0.25) is 14.3 Å². The van der Waals surface area contributed by atoms with E-state index in [1.54, 1.807) is 17.8 Å². The molecule has 1 saturated heterocycles. The normalized spacial score (nSPS) is 13.5. The Bertz CT molecular complexity index is 1180. The van der Waals surface area contributed by atoms with Crippen LogP contribution in [0.5, 0.6) is 5.88 Å². The van der Waals surface area contributed by atoms with Crippen molar-refractivity contribution in [3.63, 3.8) is 0 Å². The largest absolute Gasteiger partial charge is 0.466 e. The zero-order valence-corrected chi connectivity index (χ0v) is 21.8. The van der Waals surface area contributed by atoms with Crippen molar-refractivity contribution in [2.45, 2.75) is 26.7 Å². The summed E-state index contributed by atoms with van der Waals surface area (Å²) in [5.74, 6) is 1.03. The number of amides is 2. The fraction of sp³-hybridized carbons (Fsp3) is 0.462. The number of carbonyl (C=O) groups is 2. The lowest BCUT2D eigenvalue weighted by Crippen LogP contribution is -2.50. The van der Waals surface area contributed by atoms with Gasteiger partial charge >= 0.3 is 0 Å². The van der Waals surface area contributed by atoms with Crippen LogP contribution >= 0.6 is 0 Å². The molecule has 0 aliphatic carbocycles. The first-order valence-corrected chi connectivity index (χ1v) is 12.9. The molecule has 3 heterocycles. The highest BCUT2D eigenvalue weighted by molar-refractivity contribution is 5.97.